The smallest absolute Gasteiger partial charge is 0.274 e. The summed E-state index contributed by atoms with van der Waals surface area (Å²) in [7, 11) is 2.08. The average molecular weight is 409 g/mol. The molecular formula is C22H28N6O2. The van der Waals surface area contributed by atoms with E-state index in [-0.39, 0.29) is 5.91 Å². The number of hydrogen-bond donors (Lipinski definition) is 1. The molecule has 8 nitrogen and oxygen atoms in total. The van der Waals surface area contributed by atoms with Gasteiger partial charge in [0.15, 0.2) is 5.69 Å². The van der Waals surface area contributed by atoms with E-state index in [1.807, 2.05) is 33.7 Å². The highest BCUT2D eigenvalue weighted by Gasteiger charge is 2.26. The fraction of sp³-hybridized carbons (Fsp3) is 0.500. The van der Waals surface area contributed by atoms with Crippen LogP contribution in [0.1, 0.15) is 46.0 Å². The molecule has 0 spiro atoms. The quantitative estimate of drug-likeness (QED) is 0.699. The van der Waals surface area contributed by atoms with Gasteiger partial charge in [-0.15, -0.1) is 0 Å². The number of imidazole rings is 1. The molecule has 0 aromatic carbocycles. The van der Waals surface area contributed by atoms with Gasteiger partial charge >= 0.3 is 0 Å². The van der Waals surface area contributed by atoms with Crippen LogP contribution in [0.25, 0.3) is 5.65 Å². The number of aromatic amines is 1. The zero-order valence-electron chi connectivity index (χ0n) is 17.4. The van der Waals surface area contributed by atoms with Crippen molar-refractivity contribution in [2.75, 3.05) is 33.4 Å². The molecule has 4 heterocycles. The highest BCUT2D eigenvalue weighted by atomic mass is 16.5. The van der Waals surface area contributed by atoms with E-state index in [1.54, 1.807) is 0 Å². The molecule has 0 atom stereocenters. The monoisotopic (exact) mass is 408 g/mol. The van der Waals surface area contributed by atoms with Crippen molar-refractivity contribution in [3.8, 4) is 0 Å². The molecule has 0 saturated carbocycles. The van der Waals surface area contributed by atoms with Gasteiger partial charge in [0.05, 0.1) is 24.6 Å². The zero-order valence-corrected chi connectivity index (χ0v) is 17.4. The lowest BCUT2D eigenvalue weighted by Crippen LogP contribution is -2.41. The van der Waals surface area contributed by atoms with Gasteiger partial charge in [0, 0.05) is 38.1 Å². The van der Waals surface area contributed by atoms with Crippen LogP contribution >= 0.6 is 0 Å². The van der Waals surface area contributed by atoms with E-state index in [0.29, 0.717) is 38.5 Å². The second kappa shape index (κ2) is 8.20. The molecule has 1 fully saturated rings. The third-order valence-electron chi connectivity index (χ3n) is 6.11. The lowest BCUT2D eigenvalue weighted by Gasteiger charge is -2.26. The summed E-state index contributed by atoms with van der Waals surface area (Å²) in [6.45, 7) is 3.76. The maximum absolute atomic E-state index is 13.2. The van der Waals surface area contributed by atoms with E-state index >= 15 is 0 Å². The number of fused-ring (bicyclic) bond motifs is 2. The number of carbonyl (C=O) groups excluding carboxylic acids is 1. The minimum absolute atomic E-state index is 0.0115. The number of rotatable bonds is 5. The van der Waals surface area contributed by atoms with Crippen LogP contribution in [0.15, 0.2) is 24.4 Å². The summed E-state index contributed by atoms with van der Waals surface area (Å²) in [5, 5.41) is 7.81. The summed E-state index contributed by atoms with van der Waals surface area (Å²) >= 11 is 0. The number of pyridine rings is 1. The Hall–Kier alpha value is -2.71. The van der Waals surface area contributed by atoms with E-state index < -0.39 is 0 Å². The second-order valence-electron chi connectivity index (χ2n) is 8.25. The van der Waals surface area contributed by atoms with Gasteiger partial charge < -0.3 is 14.0 Å². The van der Waals surface area contributed by atoms with Crippen molar-refractivity contribution in [1.82, 2.24) is 29.4 Å². The molecule has 3 aromatic heterocycles. The van der Waals surface area contributed by atoms with Crippen LogP contribution < -0.4 is 0 Å². The van der Waals surface area contributed by atoms with Crippen molar-refractivity contribution in [2.24, 2.45) is 0 Å². The molecule has 30 heavy (non-hydrogen) atoms. The Morgan fingerprint density at radius 1 is 1.20 bits per heavy atom. The van der Waals surface area contributed by atoms with E-state index in [2.05, 4.69) is 22.1 Å². The molecule has 1 N–H and O–H groups in total. The number of ether oxygens (including phenoxy) is 1. The van der Waals surface area contributed by atoms with Crippen molar-refractivity contribution in [3.63, 3.8) is 0 Å². The van der Waals surface area contributed by atoms with Gasteiger partial charge in [-0.2, -0.15) is 5.10 Å². The summed E-state index contributed by atoms with van der Waals surface area (Å²) in [6, 6.07) is 5.88. The van der Waals surface area contributed by atoms with Crippen LogP contribution in [-0.4, -0.2) is 68.6 Å². The van der Waals surface area contributed by atoms with Crippen LogP contribution in [-0.2, 0) is 30.7 Å². The normalized spacial score (nSPS) is 16.9. The fourth-order valence-corrected chi connectivity index (χ4v) is 4.53. The molecule has 0 radical (unpaired) electrons. The summed E-state index contributed by atoms with van der Waals surface area (Å²) in [5.41, 5.74) is 6.07. The molecule has 0 bridgehead atoms. The average Bonchev–Trinajstić information content (AvgIpc) is 3.36. The highest BCUT2D eigenvalue weighted by molar-refractivity contribution is 5.94. The summed E-state index contributed by atoms with van der Waals surface area (Å²) < 4.78 is 7.44. The van der Waals surface area contributed by atoms with Gasteiger partial charge in [-0.3, -0.25) is 14.8 Å². The molecule has 158 valence electrons. The number of hydrogen-bond acceptors (Lipinski definition) is 5. The number of aryl methyl sites for hydroxylation is 1. The van der Waals surface area contributed by atoms with Crippen LogP contribution in [0, 0.1) is 0 Å². The third kappa shape index (κ3) is 3.61. The summed E-state index contributed by atoms with van der Waals surface area (Å²) in [6.07, 6.45) is 6.65. The third-order valence-corrected chi connectivity index (χ3v) is 6.11. The van der Waals surface area contributed by atoms with Crippen LogP contribution in [0.4, 0.5) is 0 Å². The van der Waals surface area contributed by atoms with Gasteiger partial charge in [-0.05, 0) is 50.4 Å². The van der Waals surface area contributed by atoms with Crippen molar-refractivity contribution >= 4 is 11.6 Å². The Morgan fingerprint density at radius 2 is 2.03 bits per heavy atom. The zero-order chi connectivity index (χ0) is 20.5. The standard InChI is InChI=1S/C22H28N6O2/c1-26(14-18-16-6-2-3-7-17(16)24-25-18)15-19-21(22(29)27-10-12-30-13-11-27)23-20-8-4-5-9-28(19)20/h4-5,8-9H,2-3,6-7,10-15H2,1H3,(H,24,25). The number of nitrogens with one attached hydrogen (secondary N) is 1. The van der Waals surface area contributed by atoms with Gasteiger partial charge in [0.1, 0.15) is 5.65 Å². The number of aromatic nitrogens is 4. The van der Waals surface area contributed by atoms with Crippen molar-refractivity contribution < 1.29 is 9.53 Å². The number of H-pyrrole nitrogens is 1. The summed E-state index contributed by atoms with van der Waals surface area (Å²) in [5.74, 6) is -0.0115. The van der Waals surface area contributed by atoms with Crippen molar-refractivity contribution in [1.29, 1.82) is 0 Å². The Balaban J connectivity index is 1.41. The predicted molar refractivity (Wildman–Crippen MR) is 112 cm³/mol. The number of nitrogens with zero attached hydrogens (tertiary/aromatic N) is 5. The predicted octanol–water partition coefficient (Wildman–Crippen LogP) is 2.04. The van der Waals surface area contributed by atoms with E-state index in [4.69, 9.17) is 9.72 Å². The maximum atomic E-state index is 13.2. The topological polar surface area (TPSA) is 78.8 Å². The fourth-order valence-electron chi connectivity index (χ4n) is 4.53. The first kappa shape index (κ1) is 19.3. The minimum atomic E-state index is -0.0115. The van der Waals surface area contributed by atoms with Crippen LogP contribution in [0.3, 0.4) is 0 Å². The second-order valence-corrected chi connectivity index (χ2v) is 8.25. The maximum Gasteiger partial charge on any atom is 0.274 e. The van der Waals surface area contributed by atoms with Crippen LogP contribution in [0.5, 0.6) is 0 Å². The molecule has 8 heteroatoms. The SMILES string of the molecule is CN(Cc1n[nH]c2c1CCCC2)Cc1c(C(=O)N2CCOCC2)nc2ccccn12. The van der Waals surface area contributed by atoms with Gasteiger partial charge in [-0.25, -0.2) is 4.98 Å². The van der Waals surface area contributed by atoms with Gasteiger partial charge in [0.25, 0.3) is 5.91 Å². The Bertz CT molecular complexity index is 1050. The molecule has 1 amide bonds. The Kier molecular flexibility index (Phi) is 5.26. The molecule has 0 unspecified atom stereocenters. The molecule has 5 rings (SSSR count). The lowest BCUT2D eigenvalue weighted by molar-refractivity contribution is 0.0298. The molecular weight excluding hydrogens is 380 g/mol. The Morgan fingerprint density at radius 3 is 2.90 bits per heavy atom. The first-order chi connectivity index (χ1) is 14.7. The molecule has 1 aliphatic carbocycles. The molecule has 3 aromatic rings. The van der Waals surface area contributed by atoms with E-state index in [1.165, 1.54) is 24.1 Å². The first-order valence-corrected chi connectivity index (χ1v) is 10.8. The molecule has 1 aliphatic heterocycles. The summed E-state index contributed by atoms with van der Waals surface area (Å²) in [4.78, 5) is 22.0. The highest BCUT2D eigenvalue weighted by Crippen LogP contribution is 2.24. The van der Waals surface area contributed by atoms with E-state index in [9.17, 15) is 4.79 Å². The van der Waals surface area contributed by atoms with Crippen molar-refractivity contribution in [3.05, 3.63) is 52.7 Å². The lowest BCUT2D eigenvalue weighted by atomic mass is 9.96. The first-order valence-electron chi connectivity index (χ1n) is 10.8. The van der Waals surface area contributed by atoms with Gasteiger partial charge in [-0.1, -0.05) is 6.07 Å². The van der Waals surface area contributed by atoms with Crippen molar-refractivity contribution in [2.45, 2.75) is 38.8 Å². The largest absolute Gasteiger partial charge is 0.378 e. The number of carbonyl (C=O) groups is 1. The molecule has 2 aliphatic rings. The number of morpholine rings is 1. The van der Waals surface area contributed by atoms with Gasteiger partial charge in [0.2, 0.25) is 0 Å². The van der Waals surface area contributed by atoms with E-state index in [0.717, 1.165) is 36.4 Å². The van der Waals surface area contributed by atoms with Crippen LogP contribution in [0.2, 0.25) is 0 Å². The Labute approximate surface area is 175 Å². The minimum Gasteiger partial charge on any atom is -0.378 e. The number of amides is 1. The molecule has 1 saturated heterocycles.